The number of carbonyl (C=O) groups excluding carboxylic acids is 3. The fourth-order valence-electron chi connectivity index (χ4n) is 2.70. The van der Waals surface area contributed by atoms with Crippen molar-refractivity contribution in [3.05, 3.63) is 22.6 Å². The van der Waals surface area contributed by atoms with Crippen molar-refractivity contribution in [3.63, 3.8) is 0 Å². The Bertz CT molecular complexity index is 613. The molecule has 8 heteroatoms. The van der Waals surface area contributed by atoms with Crippen LogP contribution in [0.25, 0.3) is 0 Å². The topological polar surface area (TPSA) is 86.0 Å². The van der Waals surface area contributed by atoms with Crippen LogP contribution in [0.5, 0.6) is 0 Å². The molecule has 1 unspecified atom stereocenters. The molecule has 1 fully saturated rings. The average molecular weight is 402 g/mol. The summed E-state index contributed by atoms with van der Waals surface area (Å²) in [5.41, 5.74) is 0. The molecule has 0 bridgehead atoms. The second-order valence-electron chi connectivity index (χ2n) is 5.58. The number of nitrogens with zero attached hydrogens (tertiary/aromatic N) is 1. The van der Waals surface area contributed by atoms with Gasteiger partial charge < -0.3 is 18.8 Å². The van der Waals surface area contributed by atoms with E-state index in [1.807, 2.05) is 6.07 Å². The van der Waals surface area contributed by atoms with E-state index in [2.05, 4.69) is 15.9 Å². The Morgan fingerprint density at radius 2 is 2.00 bits per heavy atom. The molecule has 2 rings (SSSR count). The molecular weight excluding hydrogens is 382 g/mol. The van der Waals surface area contributed by atoms with Crippen LogP contribution in [0.3, 0.4) is 0 Å². The van der Waals surface area contributed by atoms with Gasteiger partial charge in [-0.1, -0.05) is 0 Å². The summed E-state index contributed by atoms with van der Waals surface area (Å²) in [6.45, 7) is 2.94. The van der Waals surface area contributed by atoms with Crippen LogP contribution in [0.15, 0.2) is 21.2 Å². The second-order valence-corrected chi connectivity index (χ2v) is 6.36. The minimum atomic E-state index is -0.879. The third kappa shape index (κ3) is 5.09. The first-order chi connectivity index (χ1) is 11.4. The number of carbonyl (C=O) groups is 3. The summed E-state index contributed by atoms with van der Waals surface area (Å²) in [7, 11) is 0. The van der Waals surface area contributed by atoms with Gasteiger partial charge in [0.05, 0.1) is 0 Å². The van der Waals surface area contributed by atoms with Crippen LogP contribution in [0.4, 0.5) is 0 Å². The summed E-state index contributed by atoms with van der Waals surface area (Å²) in [6.07, 6.45) is 0.356. The highest BCUT2D eigenvalue weighted by atomic mass is 79.9. The first-order valence-electron chi connectivity index (χ1n) is 7.75. The predicted octanol–water partition coefficient (Wildman–Crippen LogP) is 2.42. The van der Waals surface area contributed by atoms with Gasteiger partial charge in [0.15, 0.2) is 10.8 Å². The van der Waals surface area contributed by atoms with E-state index in [1.54, 1.807) is 6.07 Å². The van der Waals surface area contributed by atoms with Crippen molar-refractivity contribution in [1.82, 2.24) is 4.90 Å². The normalized spacial score (nSPS) is 20.8. The van der Waals surface area contributed by atoms with Gasteiger partial charge in [0.25, 0.3) is 0 Å². The number of ether oxygens (including phenoxy) is 2. The summed E-state index contributed by atoms with van der Waals surface area (Å²) in [6, 6.07) is 3.66. The van der Waals surface area contributed by atoms with Gasteiger partial charge in [-0.3, -0.25) is 14.4 Å². The minimum absolute atomic E-state index is 0.120. The predicted molar refractivity (Wildman–Crippen MR) is 86.8 cm³/mol. The van der Waals surface area contributed by atoms with Gasteiger partial charge in [0, 0.05) is 33.2 Å². The van der Waals surface area contributed by atoms with Crippen molar-refractivity contribution >= 4 is 33.8 Å². The zero-order chi connectivity index (χ0) is 17.7. The quantitative estimate of drug-likeness (QED) is 0.680. The lowest BCUT2D eigenvalue weighted by Crippen LogP contribution is -2.54. The number of aryl methyl sites for hydroxylation is 1. The Labute approximate surface area is 148 Å². The number of rotatable bonds is 6. The maximum atomic E-state index is 12.2. The summed E-state index contributed by atoms with van der Waals surface area (Å²) in [5.74, 6) is -0.309. The molecule has 0 aliphatic carbocycles. The Balaban J connectivity index is 2.02. The van der Waals surface area contributed by atoms with Crippen LogP contribution in [-0.4, -0.2) is 41.6 Å². The number of halogens is 1. The second kappa shape index (κ2) is 8.32. The Morgan fingerprint density at radius 3 is 2.58 bits per heavy atom. The van der Waals surface area contributed by atoms with Gasteiger partial charge in [-0.15, -0.1) is 0 Å². The molecule has 1 amide bonds. The third-order valence-corrected chi connectivity index (χ3v) is 4.07. The molecule has 0 spiro atoms. The zero-order valence-corrected chi connectivity index (χ0v) is 15.2. The summed E-state index contributed by atoms with van der Waals surface area (Å²) >= 11 is 3.24. The fourth-order valence-corrected chi connectivity index (χ4v) is 3.04. The average Bonchev–Trinajstić information content (AvgIpc) is 2.89. The number of hydrogen-bond acceptors (Lipinski definition) is 6. The van der Waals surface area contributed by atoms with Crippen LogP contribution in [0, 0.1) is 0 Å². The van der Waals surface area contributed by atoms with E-state index in [-0.39, 0.29) is 12.3 Å². The van der Waals surface area contributed by atoms with Crippen LogP contribution in [0.1, 0.15) is 38.9 Å². The van der Waals surface area contributed by atoms with E-state index in [1.165, 1.54) is 18.7 Å². The lowest BCUT2D eigenvalue weighted by Gasteiger charge is -2.39. The molecule has 0 N–H and O–H groups in total. The molecule has 2 atom stereocenters. The van der Waals surface area contributed by atoms with Gasteiger partial charge in [0.1, 0.15) is 5.76 Å². The molecule has 2 heterocycles. The SMILES string of the molecule is CC(=O)OC1[C@@H](OC(C)=O)CCC(=O)N1CCCc1ccc(Br)o1. The monoisotopic (exact) mass is 401 g/mol. The Hall–Kier alpha value is -1.83. The summed E-state index contributed by atoms with van der Waals surface area (Å²) < 4.78 is 16.5. The lowest BCUT2D eigenvalue weighted by atomic mass is 10.0. The molecule has 1 aromatic rings. The van der Waals surface area contributed by atoms with Gasteiger partial charge in [0.2, 0.25) is 12.1 Å². The molecule has 0 radical (unpaired) electrons. The number of piperidine rings is 1. The largest absolute Gasteiger partial charge is 0.456 e. The number of amides is 1. The van der Waals surface area contributed by atoms with Crippen molar-refractivity contribution in [1.29, 1.82) is 0 Å². The van der Waals surface area contributed by atoms with E-state index in [4.69, 9.17) is 13.9 Å². The third-order valence-electron chi connectivity index (χ3n) is 3.64. The van der Waals surface area contributed by atoms with E-state index in [0.29, 0.717) is 30.5 Å². The van der Waals surface area contributed by atoms with Crippen LogP contribution in [0.2, 0.25) is 0 Å². The molecule has 1 aromatic heterocycles. The molecular formula is C16H20BrNO6. The van der Waals surface area contributed by atoms with E-state index in [9.17, 15) is 14.4 Å². The van der Waals surface area contributed by atoms with Gasteiger partial charge in [-0.2, -0.15) is 0 Å². The Morgan fingerprint density at radius 1 is 1.29 bits per heavy atom. The van der Waals surface area contributed by atoms with Gasteiger partial charge in [-0.05, 0) is 40.9 Å². The Kier molecular flexibility index (Phi) is 6.42. The van der Waals surface area contributed by atoms with Crippen molar-refractivity contribution in [2.24, 2.45) is 0 Å². The van der Waals surface area contributed by atoms with E-state index in [0.717, 1.165) is 5.76 Å². The fraction of sp³-hybridized carbons (Fsp3) is 0.562. The highest BCUT2D eigenvalue weighted by Crippen LogP contribution is 2.24. The van der Waals surface area contributed by atoms with E-state index >= 15 is 0 Å². The number of likely N-dealkylation sites (tertiary alicyclic amines) is 1. The lowest BCUT2D eigenvalue weighted by molar-refractivity contribution is -0.194. The van der Waals surface area contributed by atoms with Crippen molar-refractivity contribution in [3.8, 4) is 0 Å². The zero-order valence-electron chi connectivity index (χ0n) is 13.6. The highest BCUT2D eigenvalue weighted by Gasteiger charge is 2.39. The summed E-state index contributed by atoms with van der Waals surface area (Å²) in [5, 5.41) is 0. The molecule has 132 valence electrons. The van der Waals surface area contributed by atoms with Crippen molar-refractivity contribution < 1.29 is 28.3 Å². The first kappa shape index (κ1) is 18.5. The van der Waals surface area contributed by atoms with Crippen molar-refractivity contribution in [2.75, 3.05) is 6.54 Å². The van der Waals surface area contributed by atoms with E-state index < -0.39 is 24.3 Å². The first-order valence-corrected chi connectivity index (χ1v) is 8.54. The molecule has 24 heavy (non-hydrogen) atoms. The smallest absolute Gasteiger partial charge is 0.304 e. The number of esters is 2. The van der Waals surface area contributed by atoms with Gasteiger partial charge >= 0.3 is 11.9 Å². The number of furan rings is 1. The van der Waals surface area contributed by atoms with Crippen LogP contribution < -0.4 is 0 Å². The minimum Gasteiger partial charge on any atom is -0.456 e. The maximum Gasteiger partial charge on any atom is 0.304 e. The molecule has 1 aliphatic heterocycles. The highest BCUT2D eigenvalue weighted by molar-refractivity contribution is 9.10. The molecule has 7 nitrogen and oxygen atoms in total. The standard InChI is InChI=1S/C16H20BrNO6/c1-10(19)22-13-6-8-15(21)18(16(13)23-11(2)20)9-3-4-12-5-7-14(17)24-12/h5,7,13,16H,3-4,6,8-9H2,1-2H3/t13-,16?/m0/s1. The molecule has 0 saturated carbocycles. The van der Waals surface area contributed by atoms with Crippen LogP contribution >= 0.6 is 15.9 Å². The molecule has 1 aliphatic rings. The molecule has 0 aromatic carbocycles. The maximum absolute atomic E-state index is 12.2. The van der Waals surface area contributed by atoms with Crippen LogP contribution in [-0.2, 0) is 30.3 Å². The van der Waals surface area contributed by atoms with Gasteiger partial charge in [-0.25, -0.2) is 0 Å². The van der Waals surface area contributed by atoms with Crippen molar-refractivity contribution in [2.45, 2.75) is 51.9 Å². The number of hydrogen-bond donors (Lipinski definition) is 0. The summed E-state index contributed by atoms with van der Waals surface area (Å²) in [4.78, 5) is 36.3. The molecule has 1 saturated heterocycles.